The minimum atomic E-state index is -2.91. The van der Waals surface area contributed by atoms with Crippen LogP contribution in [-0.4, -0.2) is 54.4 Å². The first-order valence-corrected chi connectivity index (χ1v) is 10.1. The summed E-state index contributed by atoms with van der Waals surface area (Å²) in [6, 6.07) is 0. The van der Waals surface area contributed by atoms with Crippen LogP contribution in [0.15, 0.2) is 0 Å². The highest BCUT2D eigenvalue weighted by atomic mass is 28.4. The maximum Gasteiger partial charge on any atom is 0.530 e. The van der Waals surface area contributed by atoms with Crippen molar-refractivity contribution in [1.82, 2.24) is 0 Å². The third-order valence-corrected chi connectivity index (χ3v) is 7.01. The first-order valence-electron chi connectivity index (χ1n) is 8.32. The van der Waals surface area contributed by atoms with Gasteiger partial charge in [-0.3, -0.25) is 14.2 Å². The van der Waals surface area contributed by atoms with E-state index in [1.54, 1.807) is 21.3 Å². The molecule has 0 N–H and O–H groups in total. The first kappa shape index (κ1) is 21.0. The summed E-state index contributed by atoms with van der Waals surface area (Å²) in [6.07, 6.45) is 1.99. The molecule has 138 valence electrons. The fraction of sp³-hybridized carbons (Fsp3) is 1.00. The summed E-state index contributed by atoms with van der Waals surface area (Å²) in [6.45, 7) is 7.93. The van der Waals surface area contributed by atoms with Gasteiger partial charge in [-0.15, -0.1) is 0 Å². The Morgan fingerprint density at radius 1 is 0.957 bits per heavy atom. The third kappa shape index (κ3) is 4.73. The predicted octanol–water partition coefficient (Wildman–Crippen LogP) is 2.80. The van der Waals surface area contributed by atoms with Gasteiger partial charge in [0.05, 0.1) is 0 Å². The Bertz CT molecular complexity index is 324. The second-order valence-electron chi connectivity index (χ2n) is 5.31. The molecule has 1 saturated heterocycles. The van der Waals surface area contributed by atoms with Gasteiger partial charge in [0.2, 0.25) is 0 Å². The molecule has 1 aliphatic rings. The zero-order chi connectivity index (χ0) is 17.5. The molecule has 1 heterocycles. The van der Waals surface area contributed by atoms with Gasteiger partial charge in [-0.2, -0.15) is 0 Å². The van der Waals surface area contributed by atoms with E-state index in [0.717, 1.165) is 6.42 Å². The lowest BCUT2D eigenvalue weighted by Crippen LogP contribution is -2.59. The molecule has 23 heavy (non-hydrogen) atoms. The highest BCUT2D eigenvalue weighted by Crippen LogP contribution is 2.37. The van der Waals surface area contributed by atoms with E-state index >= 15 is 0 Å². The molecule has 0 bridgehead atoms. The van der Waals surface area contributed by atoms with Crippen LogP contribution in [0, 0.1) is 0 Å². The van der Waals surface area contributed by atoms with E-state index in [0.29, 0.717) is 19.3 Å². The van der Waals surface area contributed by atoms with E-state index in [1.165, 1.54) is 0 Å². The van der Waals surface area contributed by atoms with Crippen LogP contribution < -0.4 is 0 Å². The smallest absolute Gasteiger partial charge is 0.375 e. The van der Waals surface area contributed by atoms with Gasteiger partial charge in [-0.05, 0) is 19.3 Å². The Morgan fingerprint density at radius 3 is 1.87 bits per heavy atom. The summed E-state index contributed by atoms with van der Waals surface area (Å²) in [7, 11) is 1.81. The average Bonchev–Trinajstić information content (AvgIpc) is 2.56. The Balaban J connectivity index is 2.73. The topological polar surface area (TPSA) is 64.6 Å². The minimum absolute atomic E-state index is 0.209. The van der Waals surface area contributed by atoms with Crippen LogP contribution in [0.1, 0.15) is 53.4 Å². The molecule has 0 saturated carbocycles. The van der Waals surface area contributed by atoms with Crippen LogP contribution in [0.5, 0.6) is 0 Å². The number of hydrogen-bond donors (Lipinski definition) is 0. The maximum absolute atomic E-state index is 6.09. The maximum atomic E-state index is 6.09. The summed E-state index contributed by atoms with van der Waals surface area (Å²) >= 11 is 0. The Hall–Kier alpha value is -0.0631. The highest BCUT2D eigenvalue weighted by Gasteiger charge is 2.51. The molecule has 7 nitrogen and oxygen atoms in total. The molecule has 1 fully saturated rings. The summed E-state index contributed by atoms with van der Waals surface area (Å²) in [5, 5.41) is 0. The van der Waals surface area contributed by atoms with E-state index < -0.39 is 21.1 Å². The van der Waals surface area contributed by atoms with Gasteiger partial charge in [0.15, 0.2) is 12.6 Å². The van der Waals surface area contributed by atoms with E-state index in [2.05, 4.69) is 0 Å². The van der Waals surface area contributed by atoms with Crippen LogP contribution in [0.2, 0.25) is 0 Å². The van der Waals surface area contributed by atoms with Gasteiger partial charge in [-0.1, -0.05) is 27.7 Å². The van der Waals surface area contributed by atoms with Crippen molar-refractivity contribution in [3.8, 4) is 0 Å². The lowest BCUT2D eigenvalue weighted by Gasteiger charge is -2.47. The van der Waals surface area contributed by atoms with E-state index in [-0.39, 0.29) is 12.0 Å². The van der Waals surface area contributed by atoms with Crippen LogP contribution in [0.3, 0.4) is 0 Å². The van der Waals surface area contributed by atoms with E-state index in [4.69, 9.17) is 32.2 Å². The SMILES string of the molecule is CCC(OC(CC)[Si](OC)(OC)OC)OC1(CC)OC(CC)O1. The van der Waals surface area contributed by atoms with E-state index in [1.807, 2.05) is 27.7 Å². The second-order valence-corrected chi connectivity index (χ2v) is 8.39. The second kappa shape index (κ2) is 9.43. The van der Waals surface area contributed by atoms with Crippen molar-refractivity contribution in [3.63, 3.8) is 0 Å². The molecule has 8 heteroatoms. The molecule has 0 amide bonds. The molecule has 0 radical (unpaired) electrons. The molecule has 0 spiro atoms. The lowest BCUT2D eigenvalue weighted by atomic mass is 10.3. The molecule has 0 aromatic carbocycles. The standard InChI is InChI=1S/C15H32O7Si/c1-8-12(20-15(11-4)21-13(9-2)22-15)19-14(10-3)23(16-5,17-6)18-7/h12-14H,8-11H2,1-7H3. The van der Waals surface area contributed by atoms with Crippen molar-refractivity contribution in [2.24, 2.45) is 0 Å². The normalized spacial score (nSPS) is 27.5. The van der Waals surface area contributed by atoms with Crippen LogP contribution in [-0.2, 0) is 32.2 Å². The monoisotopic (exact) mass is 352 g/mol. The third-order valence-electron chi connectivity index (χ3n) is 3.97. The van der Waals surface area contributed by atoms with Crippen LogP contribution in [0.25, 0.3) is 0 Å². The van der Waals surface area contributed by atoms with Crippen molar-refractivity contribution in [2.75, 3.05) is 21.3 Å². The minimum Gasteiger partial charge on any atom is -0.375 e. The van der Waals surface area contributed by atoms with Gasteiger partial charge >= 0.3 is 8.80 Å². The van der Waals surface area contributed by atoms with Crippen molar-refractivity contribution < 1.29 is 32.2 Å². The lowest BCUT2D eigenvalue weighted by molar-refractivity contribution is -0.559. The molecule has 0 aromatic heterocycles. The number of hydrogen-bond acceptors (Lipinski definition) is 7. The van der Waals surface area contributed by atoms with Crippen molar-refractivity contribution in [1.29, 1.82) is 0 Å². The van der Waals surface area contributed by atoms with Crippen LogP contribution in [0.4, 0.5) is 0 Å². The molecule has 1 aliphatic heterocycles. The molecule has 0 aromatic rings. The fourth-order valence-corrected chi connectivity index (χ4v) is 4.65. The fourth-order valence-electron chi connectivity index (χ4n) is 2.55. The Morgan fingerprint density at radius 2 is 1.52 bits per heavy atom. The molecule has 2 atom stereocenters. The molecule has 0 aliphatic carbocycles. The van der Waals surface area contributed by atoms with Gasteiger partial charge in [0, 0.05) is 27.8 Å². The Labute approximate surface area is 140 Å². The summed E-state index contributed by atoms with van der Waals surface area (Å²) in [5.74, 6) is -1.02. The zero-order valence-corrected chi connectivity index (χ0v) is 16.4. The average molecular weight is 353 g/mol. The van der Waals surface area contributed by atoms with Crippen molar-refractivity contribution in [3.05, 3.63) is 0 Å². The first-order chi connectivity index (χ1) is 11.0. The molecular weight excluding hydrogens is 320 g/mol. The predicted molar refractivity (Wildman–Crippen MR) is 86.4 cm³/mol. The summed E-state index contributed by atoms with van der Waals surface area (Å²) < 4.78 is 40.1. The molecule has 1 rings (SSSR count). The Kier molecular flexibility index (Phi) is 8.60. The largest absolute Gasteiger partial charge is 0.530 e. The van der Waals surface area contributed by atoms with Gasteiger partial charge in [0.25, 0.3) is 5.97 Å². The van der Waals surface area contributed by atoms with E-state index in [9.17, 15) is 0 Å². The quantitative estimate of drug-likeness (QED) is 0.395. The van der Waals surface area contributed by atoms with Gasteiger partial charge in [0.1, 0.15) is 5.73 Å². The summed E-state index contributed by atoms with van der Waals surface area (Å²) in [4.78, 5) is 0. The zero-order valence-electron chi connectivity index (χ0n) is 15.4. The van der Waals surface area contributed by atoms with Gasteiger partial charge < -0.3 is 18.0 Å². The van der Waals surface area contributed by atoms with Crippen molar-refractivity contribution in [2.45, 2.75) is 77.7 Å². The van der Waals surface area contributed by atoms with Crippen molar-refractivity contribution >= 4 is 8.80 Å². The number of rotatable bonds is 12. The highest BCUT2D eigenvalue weighted by molar-refractivity contribution is 6.62. The summed E-state index contributed by atoms with van der Waals surface area (Å²) in [5.41, 5.74) is -0.330. The molecule has 2 unspecified atom stereocenters. The van der Waals surface area contributed by atoms with Gasteiger partial charge in [-0.25, -0.2) is 0 Å². The molecular formula is C15H32O7Si. The van der Waals surface area contributed by atoms with Crippen LogP contribution >= 0.6 is 0 Å². The number of ether oxygens (including phenoxy) is 4.